The van der Waals surface area contributed by atoms with Crippen LogP contribution in [0.2, 0.25) is 0 Å². The zero-order valence-corrected chi connectivity index (χ0v) is 17.5. The van der Waals surface area contributed by atoms with Crippen LogP contribution in [0.15, 0.2) is 30.3 Å². The third kappa shape index (κ3) is 9.56. The van der Waals surface area contributed by atoms with Crippen molar-refractivity contribution in [3.8, 4) is 0 Å². The number of ketones is 1. The summed E-state index contributed by atoms with van der Waals surface area (Å²) in [4.78, 5) is 32.5. The number of carboxylic acid groups (broad SMARTS) is 1. The predicted molar refractivity (Wildman–Crippen MR) is 63.9 cm³/mol. The summed E-state index contributed by atoms with van der Waals surface area (Å²) in [7, 11) is 0. The van der Waals surface area contributed by atoms with Crippen LogP contribution in [-0.4, -0.2) is 24.4 Å². The number of Topliss-reactive ketones (excluding diaryl/α,β-unsaturated/α-hetero) is 1. The molecule has 0 bridgehead atoms. The van der Waals surface area contributed by atoms with E-state index in [0.29, 0.717) is 0 Å². The first-order chi connectivity index (χ1) is 9.08. The van der Waals surface area contributed by atoms with Crippen molar-refractivity contribution in [1.82, 2.24) is 5.32 Å². The van der Waals surface area contributed by atoms with Gasteiger partial charge in [-0.2, -0.15) is 0 Å². The predicted octanol–water partition coefficient (Wildman–Crippen LogP) is -2.98. The van der Waals surface area contributed by atoms with E-state index >= 15 is 0 Å². The summed E-state index contributed by atoms with van der Waals surface area (Å²) in [6, 6.07) is 9.09. The van der Waals surface area contributed by atoms with E-state index in [-0.39, 0.29) is 101 Å². The van der Waals surface area contributed by atoms with Crippen LogP contribution < -0.4 is 79.3 Å². The number of hydrogen-bond acceptors (Lipinski definition) is 5. The van der Waals surface area contributed by atoms with Gasteiger partial charge in [-0.3, -0.25) is 4.79 Å². The van der Waals surface area contributed by atoms with Crippen molar-refractivity contribution in [3.05, 3.63) is 35.9 Å². The van der Waals surface area contributed by atoms with Crippen molar-refractivity contribution in [2.75, 3.05) is 6.54 Å². The van der Waals surface area contributed by atoms with Crippen molar-refractivity contribution >= 4 is 17.8 Å². The van der Waals surface area contributed by atoms with Crippen molar-refractivity contribution < 1.29 is 93.1 Å². The molecule has 0 saturated carbocycles. The summed E-state index contributed by atoms with van der Waals surface area (Å²) >= 11 is 0. The Labute approximate surface area is 175 Å². The Morgan fingerprint density at radius 3 is 2.35 bits per heavy atom. The molecule has 20 heavy (non-hydrogen) atoms. The molecule has 1 rings (SSSR count). The fourth-order valence-corrected chi connectivity index (χ4v) is 1.27. The molecule has 0 heterocycles. The fourth-order valence-electron chi connectivity index (χ4n) is 1.27. The molecule has 0 aliphatic rings. The first-order valence-corrected chi connectivity index (χ1v) is 5.74. The molecule has 0 saturated heterocycles. The minimum Gasteiger partial charge on any atom is -0.550 e. The van der Waals surface area contributed by atoms with Gasteiger partial charge in [0.25, 0.3) is 0 Å². The molecule has 6 nitrogen and oxygen atoms in total. The molecule has 1 aromatic rings. The van der Waals surface area contributed by atoms with Crippen LogP contribution in [0.3, 0.4) is 0 Å². The Hall–Kier alpha value is -0.318. The molecule has 0 fully saturated rings. The molecule has 0 aliphatic heterocycles. The molecular weight excluding hydrogens is 383 g/mol. The fraction of sp³-hybridized carbons (Fsp3) is 0.308. The SMILES string of the molecule is O=C([O-])CCC(=O)CNC(=O)OCc1ccccc1.[Cs+]. The molecule has 7 heteroatoms. The third-order valence-corrected chi connectivity index (χ3v) is 2.25. The van der Waals surface area contributed by atoms with E-state index in [1.54, 1.807) is 12.1 Å². The summed E-state index contributed by atoms with van der Waals surface area (Å²) in [5.41, 5.74) is 0.834. The number of alkyl carbamates (subject to hydrolysis) is 1. The molecule has 0 unspecified atom stereocenters. The number of aliphatic carboxylic acids is 1. The first kappa shape index (κ1) is 19.7. The molecule has 1 N–H and O–H groups in total. The number of carbonyl (C=O) groups excluding carboxylic acids is 3. The van der Waals surface area contributed by atoms with Gasteiger partial charge in [0.2, 0.25) is 0 Å². The molecule has 0 atom stereocenters. The standard InChI is InChI=1S/C13H15NO5.Cs/c15-11(6-7-12(16)17)8-14-13(18)19-9-10-4-2-1-3-5-10;/h1-5H,6-9H2,(H,14,18)(H,16,17);/q;+1/p-1. The van der Waals surface area contributed by atoms with E-state index in [9.17, 15) is 19.5 Å². The Morgan fingerprint density at radius 2 is 1.75 bits per heavy atom. The summed E-state index contributed by atoms with van der Waals surface area (Å²) in [5.74, 6) is -1.68. The summed E-state index contributed by atoms with van der Waals surface area (Å²) in [5, 5.41) is 12.4. The monoisotopic (exact) mass is 397 g/mol. The van der Waals surface area contributed by atoms with Crippen LogP contribution in [0.25, 0.3) is 0 Å². The van der Waals surface area contributed by atoms with E-state index in [2.05, 4.69) is 5.32 Å². The van der Waals surface area contributed by atoms with E-state index in [1.165, 1.54) is 0 Å². The summed E-state index contributed by atoms with van der Waals surface area (Å²) < 4.78 is 4.87. The van der Waals surface area contributed by atoms with Crippen LogP contribution in [0.5, 0.6) is 0 Å². The van der Waals surface area contributed by atoms with E-state index < -0.39 is 12.1 Å². The maximum atomic E-state index is 11.2. The van der Waals surface area contributed by atoms with Crippen LogP contribution >= 0.6 is 0 Å². The van der Waals surface area contributed by atoms with Gasteiger partial charge in [0.1, 0.15) is 6.61 Å². The minimum absolute atomic E-state index is 0. The summed E-state index contributed by atoms with van der Waals surface area (Å²) in [6.07, 6.45) is -1.23. The Bertz CT molecular complexity index is 449. The van der Waals surface area contributed by atoms with Crippen molar-refractivity contribution in [2.24, 2.45) is 0 Å². The molecule has 102 valence electrons. The molecule has 0 spiro atoms. The Kier molecular flexibility index (Phi) is 11.2. The van der Waals surface area contributed by atoms with E-state index in [4.69, 9.17) is 4.74 Å². The average Bonchev–Trinajstić information content (AvgIpc) is 2.41. The van der Waals surface area contributed by atoms with Gasteiger partial charge in [0.15, 0.2) is 5.78 Å². The molecular formula is C13H14CsNO5. The van der Waals surface area contributed by atoms with Crippen molar-refractivity contribution in [1.29, 1.82) is 0 Å². The summed E-state index contributed by atoms with van der Waals surface area (Å²) in [6.45, 7) is -0.138. The van der Waals surface area contributed by atoms with Crippen LogP contribution in [-0.2, 0) is 20.9 Å². The van der Waals surface area contributed by atoms with Crippen LogP contribution in [0, 0.1) is 0 Å². The number of nitrogens with one attached hydrogen (secondary N) is 1. The quantitative estimate of drug-likeness (QED) is 0.530. The second-order valence-corrected chi connectivity index (χ2v) is 3.83. The first-order valence-electron chi connectivity index (χ1n) is 5.74. The van der Waals surface area contributed by atoms with Gasteiger partial charge < -0.3 is 20.0 Å². The second-order valence-electron chi connectivity index (χ2n) is 3.83. The van der Waals surface area contributed by atoms with E-state index in [0.717, 1.165) is 5.56 Å². The maximum Gasteiger partial charge on any atom is 1.00 e. The molecule has 0 radical (unpaired) electrons. The second kappa shape index (κ2) is 11.4. The number of carbonyl (C=O) groups is 3. The maximum absolute atomic E-state index is 11.2. The zero-order chi connectivity index (χ0) is 14.1. The van der Waals surface area contributed by atoms with Crippen LogP contribution in [0.1, 0.15) is 18.4 Å². The average molecular weight is 397 g/mol. The number of hydrogen-bond donors (Lipinski definition) is 1. The van der Waals surface area contributed by atoms with Gasteiger partial charge in [-0.15, -0.1) is 0 Å². The largest absolute Gasteiger partial charge is 1.00 e. The normalized spacial score (nSPS) is 9.20. The number of carboxylic acids is 1. The van der Waals surface area contributed by atoms with Crippen LogP contribution in [0.4, 0.5) is 4.79 Å². The third-order valence-electron chi connectivity index (χ3n) is 2.25. The zero-order valence-electron chi connectivity index (χ0n) is 11.3. The van der Waals surface area contributed by atoms with Crippen molar-refractivity contribution in [3.63, 3.8) is 0 Å². The Balaban J connectivity index is 0.00000361. The van der Waals surface area contributed by atoms with E-state index in [1.807, 2.05) is 18.2 Å². The van der Waals surface area contributed by atoms with Gasteiger partial charge in [0.05, 0.1) is 6.54 Å². The van der Waals surface area contributed by atoms with Gasteiger partial charge in [-0.05, 0) is 12.0 Å². The Morgan fingerprint density at radius 1 is 1.10 bits per heavy atom. The molecule has 1 aromatic carbocycles. The van der Waals surface area contributed by atoms with Crippen molar-refractivity contribution in [2.45, 2.75) is 19.4 Å². The van der Waals surface area contributed by atoms with Gasteiger partial charge >= 0.3 is 75.0 Å². The van der Waals surface area contributed by atoms with Gasteiger partial charge in [-0.25, -0.2) is 4.79 Å². The molecule has 1 amide bonds. The number of amides is 1. The number of benzene rings is 1. The van der Waals surface area contributed by atoms with Gasteiger partial charge in [-0.1, -0.05) is 30.3 Å². The molecule has 0 aliphatic carbocycles. The topological polar surface area (TPSA) is 95.5 Å². The van der Waals surface area contributed by atoms with Gasteiger partial charge in [0, 0.05) is 12.4 Å². The smallest absolute Gasteiger partial charge is 0.550 e. The number of rotatable bonds is 7. The number of ether oxygens (including phenoxy) is 1. The molecule has 0 aromatic heterocycles. The minimum atomic E-state index is -1.29.